The molecule has 2 aromatic carbocycles. The summed E-state index contributed by atoms with van der Waals surface area (Å²) in [6.07, 6.45) is 3.25. The van der Waals surface area contributed by atoms with Crippen molar-refractivity contribution in [1.29, 1.82) is 0 Å². The van der Waals surface area contributed by atoms with Crippen molar-refractivity contribution in [2.24, 2.45) is 0 Å². The van der Waals surface area contributed by atoms with E-state index in [1.165, 1.54) is 18.1 Å². The van der Waals surface area contributed by atoms with Gasteiger partial charge in [-0.1, -0.05) is 53.7 Å². The van der Waals surface area contributed by atoms with Crippen molar-refractivity contribution in [3.8, 4) is 0 Å². The Morgan fingerprint density at radius 1 is 1.07 bits per heavy atom. The van der Waals surface area contributed by atoms with Gasteiger partial charge in [0.15, 0.2) is 5.65 Å². The predicted molar refractivity (Wildman–Crippen MR) is 112 cm³/mol. The maximum Gasteiger partial charge on any atom is 0.234 e. The first-order chi connectivity index (χ1) is 13.7. The largest absolute Gasteiger partial charge is 0.325 e. The topological polar surface area (TPSA) is 72.7 Å². The van der Waals surface area contributed by atoms with E-state index >= 15 is 0 Å². The SMILES string of the molecule is O=C(CSc1ncnc2c1cnn2Cc1ccccc1)Nc1ccc(Cl)cc1. The summed E-state index contributed by atoms with van der Waals surface area (Å²) in [5.41, 5.74) is 2.60. The summed E-state index contributed by atoms with van der Waals surface area (Å²) in [6.45, 7) is 0.627. The van der Waals surface area contributed by atoms with E-state index in [0.29, 0.717) is 17.3 Å². The third kappa shape index (κ3) is 4.32. The summed E-state index contributed by atoms with van der Waals surface area (Å²) in [5.74, 6) is 0.120. The number of anilines is 1. The lowest BCUT2D eigenvalue weighted by atomic mass is 10.2. The fraction of sp³-hybridized carbons (Fsp3) is 0.100. The van der Waals surface area contributed by atoms with Crippen LogP contribution in [-0.4, -0.2) is 31.4 Å². The number of carbonyl (C=O) groups is 1. The lowest BCUT2D eigenvalue weighted by Gasteiger charge is -2.06. The Bertz CT molecular complexity index is 1100. The highest BCUT2D eigenvalue weighted by Crippen LogP contribution is 2.25. The molecule has 0 aliphatic rings. The first kappa shape index (κ1) is 18.5. The van der Waals surface area contributed by atoms with E-state index < -0.39 is 0 Å². The molecule has 2 heterocycles. The van der Waals surface area contributed by atoms with Gasteiger partial charge in [-0.25, -0.2) is 14.6 Å². The summed E-state index contributed by atoms with van der Waals surface area (Å²) in [5, 5.41) is 9.48. The average molecular weight is 410 g/mol. The van der Waals surface area contributed by atoms with Gasteiger partial charge in [-0.2, -0.15) is 5.10 Å². The molecular formula is C20H16ClN5OS. The van der Waals surface area contributed by atoms with E-state index in [1.54, 1.807) is 30.5 Å². The van der Waals surface area contributed by atoms with Crippen molar-refractivity contribution >= 4 is 46.0 Å². The molecule has 140 valence electrons. The number of carbonyl (C=O) groups excluding carboxylic acids is 1. The summed E-state index contributed by atoms with van der Waals surface area (Å²) in [4.78, 5) is 20.9. The molecule has 0 unspecified atom stereocenters. The number of aromatic nitrogens is 4. The smallest absolute Gasteiger partial charge is 0.234 e. The fourth-order valence-corrected chi connectivity index (χ4v) is 3.61. The van der Waals surface area contributed by atoms with Crippen LogP contribution in [0.5, 0.6) is 0 Å². The molecule has 0 aliphatic carbocycles. The van der Waals surface area contributed by atoms with Gasteiger partial charge in [0.1, 0.15) is 11.4 Å². The minimum atomic E-state index is -0.115. The molecular weight excluding hydrogens is 394 g/mol. The summed E-state index contributed by atoms with van der Waals surface area (Å²) < 4.78 is 1.84. The first-order valence-electron chi connectivity index (χ1n) is 8.58. The molecule has 0 atom stereocenters. The number of benzene rings is 2. The van der Waals surface area contributed by atoms with Gasteiger partial charge in [-0.3, -0.25) is 4.79 Å². The number of nitrogens with zero attached hydrogens (tertiary/aromatic N) is 4. The molecule has 0 saturated heterocycles. The van der Waals surface area contributed by atoms with Gasteiger partial charge in [0.05, 0.1) is 23.9 Å². The molecule has 4 rings (SSSR count). The van der Waals surface area contributed by atoms with Gasteiger partial charge in [0, 0.05) is 10.7 Å². The van der Waals surface area contributed by atoms with Crippen LogP contribution in [-0.2, 0) is 11.3 Å². The number of nitrogens with one attached hydrogen (secondary N) is 1. The maximum absolute atomic E-state index is 12.2. The van der Waals surface area contributed by atoms with Gasteiger partial charge in [-0.05, 0) is 29.8 Å². The number of amides is 1. The molecule has 28 heavy (non-hydrogen) atoms. The number of hydrogen-bond donors (Lipinski definition) is 1. The predicted octanol–water partition coefficient (Wildman–Crippen LogP) is 4.26. The van der Waals surface area contributed by atoms with Crippen molar-refractivity contribution in [3.05, 3.63) is 77.7 Å². The molecule has 0 radical (unpaired) electrons. The van der Waals surface area contributed by atoms with Crippen LogP contribution >= 0.6 is 23.4 Å². The second kappa shape index (κ2) is 8.41. The fourth-order valence-electron chi connectivity index (χ4n) is 2.72. The lowest BCUT2D eigenvalue weighted by molar-refractivity contribution is -0.113. The second-order valence-electron chi connectivity index (χ2n) is 6.05. The molecule has 6 nitrogen and oxygen atoms in total. The highest BCUT2D eigenvalue weighted by molar-refractivity contribution is 8.00. The van der Waals surface area contributed by atoms with Crippen LogP contribution in [0.15, 0.2) is 72.1 Å². The minimum absolute atomic E-state index is 0.115. The number of rotatable bonds is 6. The van der Waals surface area contributed by atoms with Crippen LogP contribution in [0.2, 0.25) is 5.02 Å². The zero-order chi connectivity index (χ0) is 19.3. The highest BCUT2D eigenvalue weighted by atomic mass is 35.5. The molecule has 0 spiro atoms. The van der Waals surface area contributed by atoms with Crippen molar-refractivity contribution in [2.45, 2.75) is 11.6 Å². The minimum Gasteiger partial charge on any atom is -0.325 e. The quantitative estimate of drug-likeness (QED) is 0.380. The molecule has 1 N–H and O–H groups in total. The number of hydrogen-bond acceptors (Lipinski definition) is 5. The molecule has 0 fully saturated rings. The Balaban J connectivity index is 1.45. The summed E-state index contributed by atoms with van der Waals surface area (Å²) >= 11 is 7.22. The van der Waals surface area contributed by atoms with Crippen molar-refractivity contribution in [2.75, 3.05) is 11.1 Å². The van der Waals surface area contributed by atoms with E-state index in [4.69, 9.17) is 11.6 Å². The van der Waals surface area contributed by atoms with Crippen LogP contribution in [0.1, 0.15) is 5.56 Å². The Hall–Kier alpha value is -2.90. The van der Waals surface area contributed by atoms with Crippen molar-refractivity contribution < 1.29 is 4.79 Å². The Morgan fingerprint density at radius 2 is 1.86 bits per heavy atom. The summed E-state index contributed by atoms with van der Waals surface area (Å²) in [6, 6.07) is 17.1. The van der Waals surface area contributed by atoms with Crippen LogP contribution < -0.4 is 5.32 Å². The third-order valence-electron chi connectivity index (χ3n) is 4.04. The van der Waals surface area contributed by atoms with Crippen molar-refractivity contribution in [3.63, 3.8) is 0 Å². The van der Waals surface area contributed by atoms with E-state index in [2.05, 4.69) is 20.4 Å². The van der Waals surface area contributed by atoms with Crippen LogP contribution in [0.25, 0.3) is 11.0 Å². The normalized spacial score (nSPS) is 10.9. The van der Waals surface area contributed by atoms with E-state index in [1.807, 2.05) is 35.0 Å². The van der Waals surface area contributed by atoms with Crippen molar-refractivity contribution in [1.82, 2.24) is 19.7 Å². The van der Waals surface area contributed by atoms with E-state index in [9.17, 15) is 4.79 Å². The van der Waals surface area contributed by atoms with Gasteiger partial charge in [-0.15, -0.1) is 0 Å². The Labute approximate surface area is 171 Å². The molecule has 4 aromatic rings. The molecule has 0 bridgehead atoms. The Morgan fingerprint density at radius 3 is 2.64 bits per heavy atom. The summed E-state index contributed by atoms with van der Waals surface area (Å²) in [7, 11) is 0. The van der Waals surface area contributed by atoms with Crippen LogP contribution in [0.4, 0.5) is 5.69 Å². The van der Waals surface area contributed by atoms with Gasteiger partial charge >= 0.3 is 0 Å². The number of thioether (sulfide) groups is 1. The third-order valence-corrected chi connectivity index (χ3v) is 5.30. The maximum atomic E-state index is 12.2. The van der Waals surface area contributed by atoms with E-state index in [0.717, 1.165) is 21.6 Å². The van der Waals surface area contributed by atoms with Crippen LogP contribution in [0, 0.1) is 0 Å². The molecule has 1 amide bonds. The number of halogens is 1. The molecule has 8 heteroatoms. The zero-order valence-electron chi connectivity index (χ0n) is 14.7. The van der Waals surface area contributed by atoms with Gasteiger partial charge in [0.25, 0.3) is 0 Å². The highest BCUT2D eigenvalue weighted by Gasteiger charge is 2.12. The van der Waals surface area contributed by atoms with E-state index in [-0.39, 0.29) is 11.7 Å². The lowest BCUT2D eigenvalue weighted by Crippen LogP contribution is -2.14. The first-order valence-corrected chi connectivity index (χ1v) is 9.94. The number of fused-ring (bicyclic) bond motifs is 1. The zero-order valence-corrected chi connectivity index (χ0v) is 16.3. The molecule has 0 saturated carbocycles. The van der Waals surface area contributed by atoms with Gasteiger partial charge in [0.2, 0.25) is 5.91 Å². The molecule has 2 aromatic heterocycles. The standard InChI is InChI=1S/C20H16ClN5OS/c21-15-6-8-16(9-7-15)25-18(27)12-28-20-17-10-24-26(19(17)22-13-23-20)11-14-4-2-1-3-5-14/h1-10,13H,11-12H2,(H,25,27). The Kier molecular flexibility index (Phi) is 5.55. The van der Waals surface area contributed by atoms with Crippen LogP contribution in [0.3, 0.4) is 0 Å². The van der Waals surface area contributed by atoms with Gasteiger partial charge < -0.3 is 5.32 Å². The second-order valence-corrected chi connectivity index (χ2v) is 7.45. The monoisotopic (exact) mass is 409 g/mol. The average Bonchev–Trinajstić information content (AvgIpc) is 3.12. The molecule has 0 aliphatic heterocycles.